The maximum Gasteiger partial charge on any atom is 0.303 e. The van der Waals surface area contributed by atoms with Crippen LogP contribution in [0.1, 0.15) is 57.1 Å². The van der Waals surface area contributed by atoms with Gasteiger partial charge in [0.2, 0.25) is 0 Å². The van der Waals surface area contributed by atoms with E-state index in [1.807, 2.05) is 44.5 Å². The highest BCUT2D eigenvalue weighted by atomic mass is 16.4. The lowest BCUT2D eigenvalue weighted by molar-refractivity contribution is -0.137. The molecule has 5 nitrogen and oxygen atoms in total. The Balaban J connectivity index is 2.73. The van der Waals surface area contributed by atoms with Crippen LogP contribution < -0.4 is 5.32 Å². The van der Waals surface area contributed by atoms with Crippen LogP contribution in [0.15, 0.2) is 18.3 Å². The summed E-state index contributed by atoms with van der Waals surface area (Å²) in [6, 6.07) is 3.81. The van der Waals surface area contributed by atoms with Crippen molar-refractivity contribution in [3.05, 3.63) is 24.0 Å². The van der Waals surface area contributed by atoms with Gasteiger partial charge in [-0.05, 0) is 46.2 Å². The van der Waals surface area contributed by atoms with Crippen molar-refractivity contribution < 1.29 is 14.7 Å². The van der Waals surface area contributed by atoms with E-state index >= 15 is 0 Å². The fourth-order valence-electron chi connectivity index (χ4n) is 1.89. The van der Waals surface area contributed by atoms with Gasteiger partial charge in [0, 0.05) is 24.2 Å². The van der Waals surface area contributed by atoms with Gasteiger partial charge in [-0.2, -0.15) is 0 Å². The van der Waals surface area contributed by atoms with Crippen molar-refractivity contribution in [1.29, 1.82) is 0 Å². The van der Waals surface area contributed by atoms with E-state index in [4.69, 9.17) is 5.11 Å². The van der Waals surface area contributed by atoms with Gasteiger partial charge in [0.15, 0.2) is 0 Å². The van der Waals surface area contributed by atoms with Crippen LogP contribution in [-0.2, 0) is 4.79 Å². The summed E-state index contributed by atoms with van der Waals surface area (Å²) in [6.07, 6.45) is 2.30. The lowest BCUT2D eigenvalue weighted by atomic mass is 9.98. The summed E-state index contributed by atoms with van der Waals surface area (Å²) in [5, 5.41) is 11.6. The topological polar surface area (TPSA) is 71.3 Å². The molecule has 2 N–H and O–H groups in total. The lowest BCUT2D eigenvalue weighted by Gasteiger charge is -2.26. The molecule has 1 aromatic heterocycles. The highest BCUT2D eigenvalue weighted by Crippen LogP contribution is 2.15. The fourth-order valence-corrected chi connectivity index (χ4v) is 1.89. The third-order valence-electron chi connectivity index (χ3n) is 2.98. The minimum Gasteiger partial charge on any atom is -0.481 e. The maximum absolute atomic E-state index is 12.2. The molecule has 0 saturated carbocycles. The average Bonchev–Trinajstić information content (AvgIpc) is 2.75. The molecule has 0 atom stereocenters. The van der Waals surface area contributed by atoms with E-state index in [1.165, 1.54) is 0 Å². The molecule has 0 aromatic carbocycles. The quantitative estimate of drug-likeness (QED) is 0.830. The van der Waals surface area contributed by atoms with Crippen LogP contribution in [-0.4, -0.2) is 27.1 Å². The highest BCUT2D eigenvalue weighted by Gasteiger charge is 2.23. The first-order valence-electron chi connectivity index (χ1n) is 6.44. The van der Waals surface area contributed by atoms with Gasteiger partial charge in [-0.3, -0.25) is 9.59 Å². The second-order valence-corrected chi connectivity index (χ2v) is 5.63. The number of aliphatic carboxylic acids is 1. The zero-order valence-electron chi connectivity index (χ0n) is 11.9. The first-order valence-corrected chi connectivity index (χ1v) is 6.44. The van der Waals surface area contributed by atoms with Crippen LogP contribution in [0, 0.1) is 0 Å². The molecule has 1 rings (SSSR count). The van der Waals surface area contributed by atoms with Gasteiger partial charge in [-0.25, -0.2) is 0 Å². The van der Waals surface area contributed by atoms with Crippen molar-refractivity contribution in [2.24, 2.45) is 0 Å². The number of hydrogen-bond donors (Lipinski definition) is 2. The Morgan fingerprint density at radius 1 is 1.42 bits per heavy atom. The van der Waals surface area contributed by atoms with Gasteiger partial charge in [0.05, 0.1) is 0 Å². The Morgan fingerprint density at radius 2 is 2.05 bits per heavy atom. The molecule has 0 radical (unpaired) electrons. The van der Waals surface area contributed by atoms with Crippen molar-refractivity contribution >= 4 is 11.9 Å². The Morgan fingerprint density at radius 3 is 2.58 bits per heavy atom. The number of carbonyl (C=O) groups is 2. The van der Waals surface area contributed by atoms with Crippen molar-refractivity contribution in [3.63, 3.8) is 0 Å². The number of carboxylic acids is 1. The first-order chi connectivity index (χ1) is 8.73. The second-order valence-electron chi connectivity index (χ2n) is 5.63. The molecule has 106 valence electrons. The largest absolute Gasteiger partial charge is 0.481 e. The summed E-state index contributed by atoms with van der Waals surface area (Å²) in [5.74, 6) is -1.03. The van der Waals surface area contributed by atoms with Crippen LogP contribution in [0.2, 0.25) is 0 Å². The SMILES string of the molecule is CC(C)n1cccc1C(=O)NC(C)(C)CCC(=O)O. The molecular weight excluding hydrogens is 244 g/mol. The normalized spacial score (nSPS) is 11.6. The molecule has 0 aliphatic heterocycles. The van der Waals surface area contributed by atoms with E-state index in [-0.39, 0.29) is 18.4 Å². The predicted octanol–water partition coefficient (Wildman–Crippen LogP) is 2.44. The summed E-state index contributed by atoms with van der Waals surface area (Å²) in [6.45, 7) is 7.67. The molecule has 0 fully saturated rings. The van der Waals surface area contributed by atoms with E-state index in [1.54, 1.807) is 6.07 Å². The zero-order valence-corrected chi connectivity index (χ0v) is 11.9. The summed E-state index contributed by atoms with van der Waals surface area (Å²) < 4.78 is 1.89. The van der Waals surface area contributed by atoms with E-state index < -0.39 is 11.5 Å². The average molecular weight is 266 g/mol. The lowest BCUT2D eigenvalue weighted by Crippen LogP contribution is -2.44. The number of rotatable bonds is 6. The minimum absolute atomic E-state index is 0.0402. The van der Waals surface area contributed by atoms with E-state index in [0.29, 0.717) is 12.1 Å². The van der Waals surface area contributed by atoms with Crippen molar-refractivity contribution in [1.82, 2.24) is 9.88 Å². The molecule has 0 saturated heterocycles. The molecule has 0 aliphatic carbocycles. The molecule has 0 bridgehead atoms. The number of nitrogens with one attached hydrogen (secondary N) is 1. The Bertz CT molecular complexity index is 461. The van der Waals surface area contributed by atoms with Crippen LogP contribution in [0.5, 0.6) is 0 Å². The zero-order chi connectivity index (χ0) is 14.6. The van der Waals surface area contributed by atoms with E-state index in [2.05, 4.69) is 5.32 Å². The monoisotopic (exact) mass is 266 g/mol. The van der Waals surface area contributed by atoms with Gasteiger partial charge in [0.1, 0.15) is 5.69 Å². The van der Waals surface area contributed by atoms with Crippen LogP contribution in [0.4, 0.5) is 0 Å². The van der Waals surface area contributed by atoms with Crippen molar-refractivity contribution in [2.75, 3.05) is 0 Å². The van der Waals surface area contributed by atoms with Gasteiger partial charge in [-0.1, -0.05) is 0 Å². The third kappa shape index (κ3) is 4.43. The summed E-state index contributed by atoms with van der Waals surface area (Å²) in [5.41, 5.74) is 0.0556. The Hall–Kier alpha value is -1.78. The summed E-state index contributed by atoms with van der Waals surface area (Å²) >= 11 is 0. The maximum atomic E-state index is 12.2. The number of carboxylic acid groups (broad SMARTS) is 1. The number of nitrogens with zero attached hydrogens (tertiary/aromatic N) is 1. The first kappa shape index (κ1) is 15.3. The molecule has 0 unspecified atom stereocenters. The summed E-state index contributed by atoms with van der Waals surface area (Å²) in [4.78, 5) is 22.8. The van der Waals surface area contributed by atoms with Gasteiger partial charge in [0.25, 0.3) is 5.91 Å². The molecular formula is C14H22N2O3. The van der Waals surface area contributed by atoms with Crippen LogP contribution in [0.3, 0.4) is 0 Å². The molecule has 1 heterocycles. The Kier molecular flexibility index (Phi) is 4.75. The van der Waals surface area contributed by atoms with E-state index in [9.17, 15) is 9.59 Å². The Labute approximate surface area is 113 Å². The molecule has 0 spiro atoms. The molecule has 1 amide bonds. The summed E-state index contributed by atoms with van der Waals surface area (Å²) in [7, 11) is 0. The molecule has 0 aliphatic rings. The minimum atomic E-state index is -0.854. The highest BCUT2D eigenvalue weighted by molar-refractivity contribution is 5.93. The number of aromatic nitrogens is 1. The van der Waals surface area contributed by atoms with Crippen LogP contribution in [0.25, 0.3) is 0 Å². The molecule has 5 heteroatoms. The van der Waals surface area contributed by atoms with Gasteiger partial charge in [-0.15, -0.1) is 0 Å². The third-order valence-corrected chi connectivity index (χ3v) is 2.98. The standard InChI is InChI=1S/C14H22N2O3/c1-10(2)16-9-5-6-11(16)13(19)15-14(3,4)8-7-12(17)18/h5-6,9-10H,7-8H2,1-4H3,(H,15,19)(H,17,18). The molecule has 1 aromatic rings. The second kappa shape index (κ2) is 5.91. The number of carbonyl (C=O) groups excluding carboxylic acids is 1. The molecule has 19 heavy (non-hydrogen) atoms. The predicted molar refractivity (Wildman–Crippen MR) is 73.2 cm³/mol. The number of hydrogen-bond acceptors (Lipinski definition) is 2. The van der Waals surface area contributed by atoms with Crippen molar-refractivity contribution in [2.45, 2.75) is 52.1 Å². The number of amides is 1. The van der Waals surface area contributed by atoms with Crippen molar-refractivity contribution in [3.8, 4) is 0 Å². The van der Waals surface area contributed by atoms with Gasteiger partial charge >= 0.3 is 5.97 Å². The van der Waals surface area contributed by atoms with Crippen LogP contribution >= 0.6 is 0 Å². The van der Waals surface area contributed by atoms with E-state index in [0.717, 1.165) is 0 Å². The smallest absolute Gasteiger partial charge is 0.303 e. The van der Waals surface area contributed by atoms with Gasteiger partial charge < -0.3 is 15.0 Å². The fraction of sp³-hybridized carbons (Fsp3) is 0.571.